The smallest absolute Gasteiger partial charge is 0.185 e. The van der Waals surface area contributed by atoms with E-state index in [1.54, 1.807) is 23.1 Å². The fourth-order valence-electron chi connectivity index (χ4n) is 3.29. The number of hydrogen-bond acceptors (Lipinski definition) is 4. The molecule has 0 saturated carbocycles. The van der Waals surface area contributed by atoms with Crippen molar-refractivity contribution in [1.82, 2.24) is 0 Å². The van der Waals surface area contributed by atoms with Gasteiger partial charge in [0.1, 0.15) is 11.3 Å². The summed E-state index contributed by atoms with van der Waals surface area (Å²) in [6.45, 7) is 12.0. The van der Waals surface area contributed by atoms with Gasteiger partial charge >= 0.3 is 0 Å². The second kappa shape index (κ2) is 10.6. The van der Waals surface area contributed by atoms with Crippen molar-refractivity contribution in [2.24, 2.45) is 0 Å². The summed E-state index contributed by atoms with van der Waals surface area (Å²) < 4.78 is 12.0. The summed E-state index contributed by atoms with van der Waals surface area (Å²) in [4.78, 5) is 1.29. The van der Waals surface area contributed by atoms with Gasteiger partial charge in [-0.05, 0) is 24.3 Å². The van der Waals surface area contributed by atoms with Crippen LogP contribution in [0.15, 0.2) is 82.6 Å². The van der Waals surface area contributed by atoms with E-state index in [9.17, 15) is 0 Å². The van der Waals surface area contributed by atoms with Crippen molar-refractivity contribution < 1.29 is 9.15 Å². The average molecular weight is 437 g/mol. The SMILES string of the molecule is C=Cc1c(SCc2cc3c(s2)OC2=CC3C=CC=C2)oc2ccccc12.CC.CC. The quantitative estimate of drug-likeness (QED) is 0.381. The third-order valence-corrected chi connectivity index (χ3v) is 6.76. The Morgan fingerprint density at radius 1 is 1.13 bits per heavy atom. The zero-order chi connectivity index (χ0) is 21.5. The van der Waals surface area contributed by atoms with E-state index in [0.717, 1.165) is 38.2 Å². The van der Waals surface area contributed by atoms with Crippen LogP contribution in [0.1, 0.15) is 49.6 Å². The topological polar surface area (TPSA) is 22.4 Å². The first kappa shape index (κ1) is 22.3. The van der Waals surface area contributed by atoms with Crippen LogP contribution in [-0.4, -0.2) is 0 Å². The minimum atomic E-state index is 0.300. The molecule has 0 N–H and O–H groups in total. The van der Waals surface area contributed by atoms with Crippen LogP contribution in [0, 0.1) is 0 Å². The Balaban J connectivity index is 0.000000606. The lowest BCUT2D eigenvalue weighted by molar-refractivity contribution is 0.438. The van der Waals surface area contributed by atoms with E-state index >= 15 is 0 Å². The fraction of sp³-hybridized carbons (Fsp3) is 0.231. The van der Waals surface area contributed by atoms with Gasteiger partial charge in [0.15, 0.2) is 10.2 Å². The van der Waals surface area contributed by atoms with Crippen molar-refractivity contribution >= 4 is 40.1 Å². The van der Waals surface area contributed by atoms with Gasteiger partial charge in [-0.15, -0.1) is 11.3 Å². The van der Waals surface area contributed by atoms with Gasteiger partial charge in [-0.3, -0.25) is 0 Å². The molecule has 1 aromatic carbocycles. The molecule has 0 amide bonds. The van der Waals surface area contributed by atoms with Crippen molar-refractivity contribution in [3.05, 3.63) is 89.1 Å². The summed E-state index contributed by atoms with van der Waals surface area (Å²) in [6, 6.07) is 10.4. The van der Waals surface area contributed by atoms with E-state index in [2.05, 4.69) is 36.9 Å². The predicted octanol–water partition coefficient (Wildman–Crippen LogP) is 8.97. The summed E-state index contributed by atoms with van der Waals surface area (Å²) in [5.74, 6) is 2.08. The second-order valence-electron chi connectivity index (χ2n) is 6.19. The monoisotopic (exact) mass is 436 g/mol. The molecule has 3 heterocycles. The number of thioether (sulfide) groups is 1. The summed E-state index contributed by atoms with van der Waals surface area (Å²) in [7, 11) is 0. The minimum absolute atomic E-state index is 0.300. The van der Waals surface area contributed by atoms with Crippen LogP contribution < -0.4 is 4.74 Å². The van der Waals surface area contributed by atoms with Crippen LogP contribution in [0.5, 0.6) is 5.06 Å². The minimum Gasteiger partial charge on any atom is -0.449 e. The van der Waals surface area contributed by atoms with Crippen LogP contribution in [0.2, 0.25) is 0 Å². The number of furan rings is 1. The van der Waals surface area contributed by atoms with E-state index in [0.29, 0.717) is 5.92 Å². The molecule has 5 rings (SSSR count). The van der Waals surface area contributed by atoms with Gasteiger partial charge in [0, 0.05) is 33.1 Å². The van der Waals surface area contributed by atoms with Crippen molar-refractivity contribution in [2.45, 2.75) is 44.5 Å². The van der Waals surface area contributed by atoms with Crippen LogP contribution in [0.25, 0.3) is 17.0 Å². The number of benzene rings is 1. The third-order valence-electron chi connectivity index (χ3n) is 4.53. The number of ether oxygens (including phenoxy) is 1. The lowest BCUT2D eigenvalue weighted by atomic mass is 9.99. The van der Waals surface area contributed by atoms with E-state index < -0.39 is 0 Å². The molecule has 0 saturated heterocycles. The summed E-state index contributed by atoms with van der Waals surface area (Å²) in [6.07, 6.45) is 12.4. The normalized spacial score (nSPS) is 15.6. The Morgan fingerprint density at radius 3 is 2.73 bits per heavy atom. The molecule has 2 aliphatic rings. The maximum atomic E-state index is 6.03. The van der Waals surface area contributed by atoms with Crippen LogP contribution in [0.4, 0.5) is 0 Å². The molecular formula is C26H28O2S2. The Hall–Kier alpha value is -2.43. The zero-order valence-electron chi connectivity index (χ0n) is 18.0. The number of allylic oxidation sites excluding steroid dienone is 5. The van der Waals surface area contributed by atoms with Crippen LogP contribution in [-0.2, 0) is 5.75 Å². The Morgan fingerprint density at radius 2 is 1.93 bits per heavy atom. The van der Waals surface area contributed by atoms with E-state index in [1.807, 2.05) is 64.1 Å². The molecule has 2 bridgehead atoms. The van der Waals surface area contributed by atoms with E-state index in [-0.39, 0.29) is 0 Å². The molecule has 1 aliphatic carbocycles. The van der Waals surface area contributed by atoms with E-state index in [1.165, 1.54) is 10.4 Å². The molecule has 0 radical (unpaired) electrons. The molecule has 0 fully saturated rings. The summed E-state index contributed by atoms with van der Waals surface area (Å²) in [5.41, 5.74) is 3.24. The second-order valence-corrected chi connectivity index (χ2v) is 8.24. The first-order valence-electron chi connectivity index (χ1n) is 10.5. The lowest BCUT2D eigenvalue weighted by Crippen LogP contribution is -2.03. The predicted molar refractivity (Wildman–Crippen MR) is 133 cm³/mol. The van der Waals surface area contributed by atoms with Crippen LogP contribution in [0.3, 0.4) is 0 Å². The molecule has 1 unspecified atom stereocenters. The number of fused-ring (bicyclic) bond motifs is 4. The van der Waals surface area contributed by atoms with Gasteiger partial charge in [-0.25, -0.2) is 0 Å². The van der Waals surface area contributed by atoms with Gasteiger partial charge in [-0.1, -0.05) is 88.5 Å². The molecule has 2 aromatic heterocycles. The zero-order valence-corrected chi connectivity index (χ0v) is 19.6. The van der Waals surface area contributed by atoms with Crippen LogP contribution >= 0.6 is 23.1 Å². The first-order chi connectivity index (χ1) is 14.8. The maximum absolute atomic E-state index is 6.03. The Labute approximate surface area is 187 Å². The molecular weight excluding hydrogens is 408 g/mol. The number of hydrogen-bond donors (Lipinski definition) is 0. The maximum Gasteiger partial charge on any atom is 0.185 e. The highest BCUT2D eigenvalue weighted by Crippen LogP contribution is 2.44. The number of rotatable bonds is 4. The molecule has 156 valence electrons. The molecule has 2 nitrogen and oxygen atoms in total. The molecule has 3 aromatic rings. The molecule has 30 heavy (non-hydrogen) atoms. The highest BCUT2D eigenvalue weighted by molar-refractivity contribution is 7.98. The van der Waals surface area contributed by atoms with Gasteiger partial charge in [0.05, 0.1) is 0 Å². The molecule has 1 atom stereocenters. The van der Waals surface area contributed by atoms with Crippen molar-refractivity contribution in [1.29, 1.82) is 0 Å². The van der Waals surface area contributed by atoms with Crippen molar-refractivity contribution in [2.75, 3.05) is 0 Å². The van der Waals surface area contributed by atoms with Crippen molar-refractivity contribution in [3.8, 4) is 5.06 Å². The Kier molecular flexibility index (Phi) is 7.83. The largest absolute Gasteiger partial charge is 0.449 e. The van der Waals surface area contributed by atoms with Gasteiger partial charge in [-0.2, -0.15) is 0 Å². The standard InChI is InChI=1S/C22H16O2S2.2C2H6/c1-2-17-18-9-5-6-10-20(18)24-21(17)25-13-16-12-19-14-7-3-4-8-15(11-14)23-22(19)26-16;2*1-2/h2-12,14H,1,13H2;2*1-2H3. The van der Waals surface area contributed by atoms with Gasteiger partial charge in [0.25, 0.3) is 0 Å². The average Bonchev–Trinajstić information content (AvgIpc) is 3.31. The highest BCUT2D eigenvalue weighted by atomic mass is 32.2. The van der Waals surface area contributed by atoms with Gasteiger partial charge in [0.2, 0.25) is 0 Å². The molecule has 4 heteroatoms. The molecule has 1 aliphatic heterocycles. The summed E-state index contributed by atoms with van der Waals surface area (Å²) in [5, 5.41) is 3.05. The van der Waals surface area contributed by atoms with Crippen molar-refractivity contribution in [3.63, 3.8) is 0 Å². The summed E-state index contributed by atoms with van der Waals surface area (Å²) >= 11 is 3.43. The fourth-order valence-corrected chi connectivity index (χ4v) is 5.44. The van der Waals surface area contributed by atoms with Gasteiger partial charge < -0.3 is 9.15 Å². The highest BCUT2D eigenvalue weighted by Gasteiger charge is 2.23. The molecule has 0 spiro atoms. The first-order valence-corrected chi connectivity index (χ1v) is 12.3. The third kappa shape index (κ3) is 4.50. The number of para-hydroxylation sites is 1. The Bertz CT molecular complexity index is 1100. The number of thiophene rings is 1. The van der Waals surface area contributed by atoms with E-state index in [4.69, 9.17) is 9.15 Å². The lowest BCUT2D eigenvalue weighted by Gasteiger charge is -2.16.